The Balaban J connectivity index is 1.79. The number of ether oxygens (including phenoxy) is 1. The molecule has 0 radical (unpaired) electrons. The van der Waals surface area contributed by atoms with Crippen molar-refractivity contribution in [3.8, 4) is 6.01 Å². The molecular weight excluding hydrogens is 422 g/mol. The normalized spacial score (nSPS) is 15.7. The minimum atomic E-state index is -0.590. The molecule has 3 aromatic rings. The van der Waals surface area contributed by atoms with Gasteiger partial charge in [-0.25, -0.2) is 4.79 Å². The Morgan fingerprint density at radius 3 is 2.64 bits per heavy atom. The summed E-state index contributed by atoms with van der Waals surface area (Å²) in [7, 11) is 1.55. The predicted octanol–water partition coefficient (Wildman–Crippen LogP) is 1.88. The third-order valence-electron chi connectivity index (χ3n) is 5.85. The van der Waals surface area contributed by atoms with Crippen molar-refractivity contribution in [3.63, 3.8) is 0 Å². The fourth-order valence-corrected chi connectivity index (χ4v) is 3.98. The van der Waals surface area contributed by atoms with E-state index in [1.165, 1.54) is 4.57 Å². The van der Waals surface area contributed by atoms with Crippen LogP contribution in [0.3, 0.4) is 0 Å². The molecule has 1 aliphatic heterocycles. The van der Waals surface area contributed by atoms with Gasteiger partial charge in [0.25, 0.3) is 11.6 Å². The summed E-state index contributed by atoms with van der Waals surface area (Å²) in [5.41, 5.74) is 0.852. The zero-order chi connectivity index (χ0) is 23.5. The number of fused-ring (bicyclic) bond motifs is 1. The van der Waals surface area contributed by atoms with Crippen molar-refractivity contribution in [1.29, 1.82) is 0 Å². The van der Waals surface area contributed by atoms with E-state index in [0.29, 0.717) is 18.7 Å². The molecule has 0 aliphatic carbocycles. The van der Waals surface area contributed by atoms with Crippen LogP contribution >= 0.6 is 0 Å². The maximum atomic E-state index is 13.5. The van der Waals surface area contributed by atoms with Crippen molar-refractivity contribution in [3.05, 3.63) is 68.4 Å². The first-order chi connectivity index (χ1) is 15.9. The van der Waals surface area contributed by atoms with Gasteiger partial charge >= 0.3 is 5.69 Å². The number of benzene rings is 1. The standard InChI is InChI=1S/C24H29N5O4/c1-16(2)11-13-28-20-21(26-23(28)33-15-18-10-7-12-25-18)27(3)24(32)29(22(20)31)14-19(30)17-8-5-4-6-9-17/h4-6,8-9,11,18,25H,7,10,12-15H2,1-3H3. The zero-order valence-electron chi connectivity index (χ0n) is 19.2. The largest absolute Gasteiger partial charge is 0.463 e. The average Bonchev–Trinajstić information content (AvgIpc) is 3.46. The first kappa shape index (κ1) is 22.7. The van der Waals surface area contributed by atoms with Crippen molar-refractivity contribution in [1.82, 2.24) is 24.0 Å². The number of imidazole rings is 1. The Morgan fingerprint density at radius 1 is 1.21 bits per heavy atom. The summed E-state index contributed by atoms with van der Waals surface area (Å²) in [5.74, 6) is -0.312. The quantitative estimate of drug-likeness (QED) is 0.415. The molecule has 0 amide bonds. The molecule has 1 atom stereocenters. The highest BCUT2D eigenvalue weighted by molar-refractivity contribution is 5.95. The molecule has 4 rings (SSSR count). The van der Waals surface area contributed by atoms with Gasteiger partial charge in [0.1, 0.15) is 6.61 Å². The molecule has 174 valence electrons. The monoisotopic (exact) mass is 451 g/mol. The average molecular weight is 452 g/mol. The molecule has 1 saturated heterocycles. The third-order valence-corrected chi connectivity index (χ3v) is 5.85. The minimum absolute atomic E-state index is 0.227. The van der Waals surface area contributed by atoms with Crippen molar-refractivity contribution in [2.75, 3.05) is 13.2 Å². The number of nitrogens with zero attached hydrogens (tertiary/aromatic N) is 4. The van der Waals surface area contributed by atoms with Crippen LogP contribution in [0.4, 0.5) is 0 Å². The third kappa shape index (κ3) is 4.68. The Kier molecular flexibility index (Phi) is 6.60. The fraction of sp³-hybridized carbons (Fsp3) is 0.417. The summed E-state index contributed by atoms with van der Waals surface area (Å²) in [6, 6.07) is 9.14. The maximum absolute atomic E-state index is 13.5. The highest BCUT2D eigenvalue weighted by Crippen LogP contribution is 2.19. The van der Waals surface area contributed by atoms with Crippen LogP contribution in [0.2, 0.25) is 0 Å². The number of hydrogen-bond acceptors (Lipinski definition) is 6. The number of nitrogens with one attached hydrogen (secondary N) is 1. The summed E-state index contributed by atoms with van der Waals surface area (Å²) < 4.78 is 9.96. The second-order valence-electron chi connectivity index (χ2n) is 8.59. The van der Waals surface area contributed by atoms with Gasteiger partial charge in [0.2, 0.25) is 0 Å². The van der Waals surface area contributed by atoms with E-state index >= 15 is 0 Å². The molecule has 33 heavy (non-hydrogen) atoms. The summed E-state index contributed by atoms with van der Waals surface area (Å²) in [6.45, 7) is 5.33. The van der Waals surface area contributed by atoms with Crippen molar-refractivity contribution < 1.29 is 9.53 Å². The molecule has 0 saturated carbocycles. The second kappa shape index (κ2) is 9.58. The van der Waals surface area contributed by atoms with Crippen molar-refractivity contribution in [2.45, 2.75) is 45.8 Å². The number of Topliss-reactive ketones (excluding diaryl/α,β-unsaturated/α-hetero) is 1. The molecule has 1 aliphatic rings. The summed E-state index contributed by atoms with van der Waals surface area (Å²) >= 11 is 0. The summed E-state index contributed by atoms with van der Waals surface area (Å²) in [4.78, 5) is 43.7. The number of hydrogen-bond donors (Lipinski definition) is 1. The molecule has 3 heterocycles. The van der Waals surface area contributed by atoms with Gasteiger partial charge in [-0.2, -0.15) is 4.98 Å². The van der Waals surface area contributed by atoms with Crippen LogP contribution in [0.5, 0.6) is 6.01 Å². The highest BCUT2D eigenvalue weighted by atomic mass is 16.5. The van der Waals surface area contributed by atoms with Gasteiger partial charge in [0, 0.05) is 25.2 Å². The van der Waals surface area contributed by atoms with Crippen LogP contribution in [-0.2, 0) is 20.1 Å². The lowest BCUT2D eigenvalue weighted by atomic mass is 10.1. The number of allylic oxidation sites excluding steroid dienone is 2. The van der Waals surface area contributed by atoms with Crippen molar-refractivity contribution in [2.24, 2.45) is 7.05 Å². The Bertz CT molecular complexity index is 1310. The van der Waals surface area contributed by atoms with Crippen molar-refractivity contribution >= 4 is 16.9 Å². The van der Waals surface area contributed by atoms with Gasteiger partial charge in [-0.05, 0) is 33.2 Å². The number of ketones is 1. The molecule has 1 fully saturated rings. The Labute approximate surface area is 191 Å². The predicted molar refractivity (Wildman–Crippen MR) is 126 cm³/mol. The molecule has 9 heteroatoms. The number of carbonyl (C=O) groups is 1. The first-order valence-corrected chi connectivity index (χ1v) is 11.1. The smallest absolute Gasteiger partial charge is 0.332 e. The Hall–Kier alpha value is -3.46. The van der Waals surface area contributed by atoms with E-state index in [2.05, 4.69) is 10.3 Å². The van der Waals surface area contributed by atoms with E-state index < -0.39 is 11.2 Å². The molecule has 1 aromatic carbocycles. The van der Waals surface area contributed by atoms with E-state index in [4.69, 9.17) is 4.74 Å². The van der Waals surface area contributed by atoms with Crippen LogP contribution in [0.25, 0.3) is 11.2 Å². The van der Waals surface area contributed by atoms with E-state index in [9.17, 15) is 14.4 Å². The van der Waals surface area contributed by atoms with Crippen LogP contribution in [0.1, 0.15) is 37.0 Å². The van der Waals surface area contributed by atoms with E-state index in [1.807, 2.05) is 19.9 Å². The van der Waals surface area contributed by atoms with E-state index in [-0.39, 0.29) is 35.5 Å². The van der Waals surface area contributed by atoms with Gasteiger partial charge in [-0.3, -0.25) is 23.3 Å². The van der Waals surface area contributed by atoms with Gasteiger partial charge < -0.3 is 10.1 Å². The Morgan fingerprint density at radius 2 is 1.97 bits per heavy atom. The van der Waals surface area contributed by atoms with E-state index in [0.717, 1.165) is 29.5 Å². The lowest BCUT2D eigenvalue weighted by molar-refractivity contribution is 0.0969. The molecule has 0 bridgehead atoms. The van der Waals surface area contributed by atoms with Crippen LogP contribution in [0, 0.1) is 0 Å². The highest BCUT2D eigenvalue weighted by Gasteiger charge is 2.23. The number of carbonyl (C=O) groups excluding carboxylic acids is 1. The van der Waals surface area contributed by atoms with Gasteiger partial charge in [-0.1, -0.05) is 42.0 Å². The fourth-order valence-electron chi connectivity index (χ4n) is 3.98. The molecule has 0 spiro atoms. The minimum Gasteiger partial charge on any atom is -0.463 e. The number of rotatable bonds is 8. The summed E-state index contributed by atoms with van der Waals surface area (Å²) in [6.07, 6.45) is 4.07. The molecule has 9 nitrogen and oxygen atoms in total. The lowest BCUT2D eigenvalue weighted by Gasteiger charge is -2.13. The SMILES string of the molecule is CC(C)=CCn1c(OCC2CCCN2)nc2c1c(=O)n(CC(=O)c1ccccc1)c(=O)n2C. The first-order valence-electron chi connectivity index (χ1n) is 11.1. The van der Waals surface area contributed by atoms with E-state index in [1.54, 1.807) is 41.9 Å². The second-order valence-corrected chi connectivity index (χ2v) is 8.59. The number of aromatic nitrogens is 4. The van der Waals surface area contributed by atoms with Gasteiger partial charge in [-0.15, -0.1) is 0 Å². The lowest BCUT2D eigenvalue weighted by Crippen LogP contribution is -2.41. The molecule has 1 unspecified atom stereocenters. The van der Waals surface area contributed by atoms with Crippen LogP contribution < -0.4 is 21.3 Å². The summed E-state index contributed by atoms with van der Waals surface area (Å²) in [5, 5.41) is 3.38. The molecule has 2 aromatic heterocycles. The van der Waals surface area contributed by atoms with Gasteiger partial charge in [0.05, 0.1) is 6.54 Å². The number of aryl methyl sites for hydroxylation is 1. The van der Waals surface area contributed by atoms with Crippen LogP contribution in [-0.4, -0.2) is 43.7 Å². The molecule has 1 N–H and O–H groups in total. The van der Waals surface area contributed by atoms with Gasteiger partial charge in [0.15, 0.2) is 16.9 Å². The van der Waals surface area contributed by atoms with Crippen LogP contribution in [0.15, 0.2) is 51.6 Å². The molecular formula is C24H29N5O4. The maximum Gasteiger partial charge on any atom is 0.332 e. The topological polar surface area (TPSA) is 100 Å². The zero-order valence-corrected chi connectivity index (χ0v) is 19.2.